The second-order valence-corrected chi connectivity index (χ2v) is 7.25. The van der Waals surface area contributed by atoms with E-state index in [4.69, 9.17) is 0 Å². The van der Waals surface area contributed by atoms with Crippen LogP contribution in [0.2, 0.25) is 0 Å². The van der Waals surface area contributed by atoms with Crippen LogP contribution in [0.15, 0.2) is 48.1 Å². The number of fused-ring (bicyclic) bond motifs is 1. The van der Waals surface area contributed by atoms with Gasteiger partial charge in [-0.05, 0) is 48.7 Å². The average molecular weight is 333 g/mol. The lowest BCUT2D eigenvalue weighted by Gasteiger charge is -2.09. The lowest BCUT2D eigenvalue weighted by atomic mass is 9.95. The Kier molecular flexibility index (Phi) is 3.69. The maximum absolute atomic E-state index is 4.44. The molecular formula is C20H19N3S. The first-order valence-corrected chi connectivity index (χ1v) is 9.00. The first-order valence-electron chi connectivity index (χ1n) is 8.12. The first kappa shape index (κ1) is 15.1. The summed E-state index contributed by atoms with van der Waals surface area (Å²) in [6.45, 7) is 6.52. The van der Waals surface area contributed by atoms with Gasteiger partial charge in [0.25, 0.3) is 0 Å². The number of pyridine rings is 1. The van der Waals surface area contributed by atoms with Crippen molar-refractivity contribution in [2.75, 3.05) is 0 Å². The van der Waals surface area contributed by atoms with E-state index in [9.17, 15) is 0 Å². The molecule has 3 nitrogen and oxygen atoms in total. The van der Waals surface area contributed by atoms with Gasteiger partial charge in [-0.1, -0.05) is 13.8 Å². The Hall–Kier alpha value is -2.46. The molecule has 0 unspecified atom stereocenters. The number of nitrogens with zero attached hydrogens (tertiary/aromatic N) is 2. The zero-order valence-corrected chi connectivity index (χ0v) is 14.8. The summed E-state index contributed by atoms with van der Waals surface area (Å²) in [6.07, 6.45) is 3.73. The van der Waals surface area contributed by atoms with Gasteiger partial charge in [0.05, 0.1) is 5.69 Å². The van der Waals surface area contributed by atoms with Crippen molar-refractivity contribution in [1.82, 2.24) is 15.0 Å². The molecule has 0 atom stereocenters. The highest BCUT2D eigenvalue weighted by molar-refractivity contribution is 7.13. The molecule has 0 saturated heterocycles. The minimum Gasteiger partial charge on any atom is -0.354 e. The van der Waals surface area contributed by atoms with E-state index in [1.165, 1.54) is 33.3 Å². The molecule has 4 aromatic rings. The summed E-state index contributed by atoms with van der Waals surface area (Å²) in [5.41, 5.74) is 7.12. The van der Waals surface area contributed by atoms with Gasteiger partial charge in [-0.25, -0.2) is 4.98 Å². The highest BCUT2D eigenvalue weighted by Crippen LogP contribution is 2.37. The summed E-state index contributed by atoms with van der Waals surface area (Å²) < 4.78 is 0. The molecule has 0 bridgehead atoms. The molecule has 24 heavy (non-hydrogen) atoms. The van der Waals surface area contributed by atoms with Gasteiger partial charge in [0.1, 0.15) is 5.01 Å². The zero-order chi connectivity index (χ0) is 16.7. The number of benzene rings is 1. The second kappa shape index (κ2) is 5.87. The maximum Gasteiger partial charge on any atom is 0.123 e. The van der Waals surface area contributed by atoms with Crippen molar-refractivity contribution >= 4 is 22.2 Å². The van der Waals surface area contributed by atoms with Crippen molar-refractivity contribution < 1.29 is 0 Å². The highest BCUT2D eigenvalue weighted by Gasteiger charge is 2.17. The number of thiazole rings is 1. The van der Waals surface area contributed by atoms with Crippen molar-refractivity contribution in [3.05, 3.63) is 59.4 Å². The largest absolute Gasteiger partial charge is 0.354 e. The molecule has 120 valence electrons. The van der Waals surface area contributed by atoms with Crippen LogP contribution in [0.3, 0.4) is 0 Å². The number of aromatic amines is 1. The van der Waals surface area contributed by atoms with Gasteiger partial charge in [0.2, 0.25) is 0 Å². The minimum absolute atomic E-state index is 0.425. The summed E-state index contributed by atoms with van der Waals surface area (Å²) in [5.74, 6) is 0.425. The normalized spacial score (nSPS) is 11.5. The lowest BCUT2D eigenvalue weighted by molar-refractivity contribution is 0.878. The number of hydrogen-bond acceptors (Lipinski definition) is 3. The van der Waals surface area contributed by atoms with Crippen LogP contribution in [0.1, 0.15) is 31.0 Å². The number of H-pyrrole nitrogens is 1. The highest BCUT2D eigenvalue weighted by atomic mass is 32.1. The second-order valence-electron chi connectivity index (χ2n) is 6.35. The van der Waals surface area contributed by atoms with Crippen LogP contribution in [0.5, 0.6) is 0 Å². The van der Waals surface area contributed by atoms with E-state index in [-0.39, 0.29) is 0 Å². The molecule has 3 heterocycles. The number of aromatic nitrogens is 3. The Bertz CT molecular complexity index is 997. The van der Waals surface area contributed by atoms with Crippen LogP contribution >= 0.6 is 11.3 Å². The van der Waals surface area contributed by atoms with E-state index in [2.05, 4.69) is 59.1 Å². The SMILES string of the molecule is Cc1cc(-c2[nH]c3ccc(-c4nccs4)cc3c2C(C)C)ccn1. The molecule has 4 heteroatoms. The van der Waals surface area contributed by atoms with Crippen molar-refractivity contribution in [1.29, 1.82) is 0 Å². The molecule has 0 radical (unpaired) electrons. The standard InChI is InChI=1S/C20H19N3S/c1-12(2)18-16-11-15(20-22-8-9-24-20)4-5-17(16)23-19(18)14-6-7-21-13(3)10-14/h4-12,23H,1-3H3. The van der Waals surface area contributed by atoms with E-state index in [0.29, 0.717) is 5.92 Å². The summed E-state index contributed by atoms with van der Waals surface area (Å²) in [6, 6.07) is 10.8. The van der Waals surface area contributed by atoms with Crippen LogP contribution in [-0.2, 0) is 0 Å². The third-order valence-electron chi connectivity index (χ3n) is 4.28. The van der Waals surface area contributed by atoms with Crippen molar-refractivity contribution in [3.8, 4) is 21.8 Å². The van der Waals surface area contributed by atoms with Crippen LogP contribution in [0.4, 0.5) is 0 Å². The molecule has 1 aromatic carbocycles. The van der Waals surface area contributed by atoms with Gasteiger partial charge in [0.15, 0.2) is 0 Å². The molecular weight excluding hydrogens is 314 g/mol. The Morgan fingerprint density at radius 1 is 1.00 bits per heavy atom. The number of nitrogens with one attached hydrogen (secondary N) is 1. The quantitative estimate of drug-likeness (QED) is 0.516. The van der Waals surface area contributed by atoms with Crippen LogP contribution < -0.4 is 0 Å². The number of hydrogen-bond donors (Lipinski definition) is 1. The molecule has 0 aliphatic rings. The van der Waals surface area contributed by atoms with Gasteiger partial charge in [-0.2, -0.15) is 0 Å². The molecule has 0 spiro atoms. The summed E-state index contributed by atoms with van der Waals surface area (Å²) in [7, 11) is 0. The molecule has 0 aliphatic carbocycles. The van der Waals surface area contributed by atoms with E-state index in [1.54, 1.807) is 11.3 Å². The predicted octanol–water partition coefficient (Wildman–Crippen LogP) is 5.79. The summed E-state index contributed by atoms with van der Waals surface area (Å²) in [4.78, 5) is 12.4. The Morgan fingerprint density at radius 3 is 2.58 bits per heavy atom. The lowest BCUT2D eigenvalue weighted by Crippen LogP contribution is -1.91. The Morgan fingerprint density at radius 2 is 1.88 bits per heavy atom. The van der Waals surface area contributed by atoms with Crippen LogP contribution in [0, 0.1) is 6.92 Å². The fourth-order valence-corrected chi connectivity index (χ4v) is 3.88. The monoisotopic (exact) mass is 333 g/mol. The molecule has 0 fully saturated rings. The van der Waals surface area contributed by atoms with Gasteiger partial charge in [0, 0.05) is 45.5 Å². The predicted molar refractivity (Wildman–Crippen MR) is 101 cm³/mol. The van der Waals surface area contributed by atoms with Crippen molar-refractivity contribution in [3.63, 3.8) is 0 Å². The molecule has 0 aliphatic heterocycles. The maximum atomic E-state index is 4.44. The number of rotatable bonds is 3. The zero-order valence-electron chi connectivity index (χ0n) is 14.0. The number of aryl methyl sites for hydroxylation is 1. The molecule has 1 N–H and O–H groups in total. The average Bonchev–Trinajstić information content (AvgIpc) is 3.21. The molecule has 0 amide bonds. The van der Waals surface area contributed by atoms with Crippen LogP contribution in [0.25, 0.3) is 32.7 Å². The molecule has 0 saturated carbocycles. The Labute approximate surface area is 145 Å². The van der Waals surface area contributed by atoms with Crippen molar-refractivity contribution in [2.24, 2.45) is 0 Å². The van der Waals surface area contributed by atoms with E-state index in [1.807, 2.05) is 24.7 Å². The van der Waals surface area contributed by atoms with Gasteiger partial charge in [-0.3, -0.25) is 4.98 Å². The molecule has 3 aromatic heterocycles. The van der Waals surface area contributed by atoms with Crippen molar-refractivity contribution in [2.45, 2.75) is 26.7 Å². The fraction of sp³-hybridized carbons (Fsp3) is 0.200. The Balaban J connectivity index is 1.96. The third-order valence-corrected chi connectivity index (χ3v) is 5.10. The van der Waals surface area contributed by atoms with E-state index >= 15 is 0 Å². The van der Waals surface area contributed by atoms with E-state index in [0.717, 1.165) is 10.7 Å². The smallest absolute Gasteiger partial charge is 0.123 e. The van der Waals surface area contributed by atoms with Gasteiger partial charge < -0.3 is 4.98 Å². The first-order chi connectivity index (χ1) is 11.6. The summed E-state index contributed by atoms with van der Waals surface area (Å²) >= 11 is 1.67. The van der Waals surface area contributed by atoms with Crippen LogP contribution in [-0.4, -0.2) is 15.0 Å². The van der Waals surface area contributed by atoms with E-state index < -0.39 is 0 Å². The minimum atomic E-state index is 0.425. The third kappa shape index (κ3) is 2.53. The molecule has 4 rings (SSSR count). The van der Waals surface area contributed by atoms with Gasteiger partial charge >= 0.3 is 0 Å². The van der Waals surface area contributed by atoms with Gasteiger partial charge in [-0.15, -0.1) is 11.3 Å². The topological polar surface area (TPSA) is 41.6 Å². The fourth-order valence-electron chi connectivity index (χ4n) is 3.24. The summed E-state index contributed by atoms with van der Waals surface area (Å²) in [5, 5.41) is 4.36.